The molecular formula is C7H8N2. The third-order valence-corrected chi connectivity index (χ3v) is 1.52. The zero-order chi connectivity index (χ0) is 6.10. The van der Waals surface area contributed by atoms with Gasteiger partial charge in [-0.05, 0) is 12.5 Å². The van der Waals surface area contributed by atoms with Gasteiger partial charge in [0.2, 0.25) is 0 Å². The highest BCUT2D eigenvalue weighted by atomic mass is 14.8. The molecule has 0 amide bonds. The molecular weight excluding hydrogens is 112 g/mol. The van der Waals surface area contributed by atoms with Gasteiger partial charge in [-0.1, -0.05) is 6.08 Å². The van der Waals surface area contributed by atoms with Crippen molar-refractivity contribution in [2.75, 3.05) is 6.54 Å². The lowest BCUT2D eigenvalue weighted by atomic mass is 10.3. The molecule has 0 spiro atoms. The van der Waals surface area contributed by atoms with Gasteiger partial charge in [-0.25, -0.2) is 0 Å². The molecule has 0 fully saturated rings. The predicted octanol–water partition coefficient (Wildman–Crippen LogP) is -0.181. The molecule has 1 N–H and O–H groups in total. The Morgan fingerprint density at radius 2 is 2.56 bits per heavy atom. The van der Waals surface area contributed by atoms with Crippen LogP contribution in [-0.4, -0.2) is 11.5 Å². The van der Waals surface area contributed by atoms with Crippen LogP contribution in [-0.2, 0) is 0 Å². The Morgan fingerprint density at radius 1 is 1.56 bits per heavy atom. The molecule has 2 rings (SSSR count). The Morgan fingerprint density at radius 3 is 3.44 bits per heavy atom. The summed E-state index contributed by atoms with van der Waals surface area (Å²) < 4.78 is 0. The van der Waals surface area contributed by atoms with Crippen LogP contribution in [0.15, 0.2) is 17.3 Å². The second-order valence-electron chi connectivity index (χ2n) is 2.15. The summed E-state index contributed by atoms with van der Waals surface area (Å²) in [4.78, 5) is 7.40. The van der Waals surface area contributed by atoms with Gasteiger partial charge in [0.05, 0.1) is 10.7 Å². The van der Waals surface area contributed by atoms with E-state index in [9.17, 15) is 0 Å². The van der Waals surface area contributed by atoms with Crippen LogP contribution in [0.3, 0.4) is 0 Å². The molecule has 0 aliphatic carbocycles. The quantitative estimate of drug-likeness (QED) is 0.492. The van der Waals surface area contributed by atoms with Gasteiger partial charge in [-0.3, -0.25) is 4.99 Å². The molecule has 2 heterocycles. The number of hydrogen-bond acceptors (Lipinski definition) is 1. The summed E-state index contributed by atoms with van der Waals surface area (Å²) >= 11 is 0. The van der Waals surface area contributed by atoms with E-state index in [1.165, 1.54) is 5.35 Å². The highest BCUT2D eigenvalue weighted by molar-refractivity contribution is 5.20. The maximum atomic E-state index is 4.29. The third kappa shape index (κ3) is 0.669. The van der Waals surface area contributed by atoms with Crippen molar-refractivity contribution in [3.63, 3.8) is 0 Å². The maximum Gasteiger partial charge on any atom is 0.0820 e. The molecule has 2 heteroatoms. The molecule has 1 aliphatic rings. The van der Waals surface area contributed by atoms with Crippen LogP contribution in [0.5, 0.6) is 0 Å². The lowest BCUT2D eigenvalue weighted by Crippen LogP contribution is -2.25. The summed E-state index contributed by atoms with van der Waals surface area (Å²) in [7, 11) is 0. The van der Waals surface area contributed by atoms with E-state index in [0.717, 1.165) is 18.3 Å². The summed E-state index contributed by atoms with van der Waals surface area (Å²) in [5, 5.41) is 2.29. The van der Waals surface area contributed by atoms with Gasteiger partial charge in [0, 0.05) is 12.7 Å². The molecule has 2 nitrogen and oxygen atoms in total. The van der Waals surface area contributed by atoms with Crippen LogP contribution in [0.2, 0.25) is 0 Å². The van der Waals surface area contributed by atoms with Crippen LogP contribution in [0, 0.1) is 0 Å². The van der Waals surface area contributed by atoms with Crippen LogP contribution in [0.4, 0.5) is 0 Å². The monoisotopic (exact) mass is 120 g/mol. The van der Waals surface area contributed by atoms with E-state index in [0.29, 0.717) is 0 Å². The average Bonchev–Trinajstić information content (AvgIpc) is 2.33. The van der Waals surface area contributed by atoms with Crippen LogP contribution < -0.4 is 10.7 Å². The summed E-state index contributed by atoms with van der Waals surface area (Å²) in [5.41, 5.74) is 0. The number of fused-ring (bicyclic) bond motifs is 1. The molecule has 0 atom stereocenters. The molecule has 46 valence electrons. The average molecular weight is 120 g/mol. The maximum absolute atomic E-state index is 4.29. The van der Waals surface area contributed by atoms with Gasteiger partial charge in [-0.2, -0.15) is 0 Å². The third-order valence-electron chi connectivity index (χ3n) is 1.52. The Balaban J connectivity index is 2.89. The topological polar surface area (TPSA) is 28.1 Å². The van der Waals surface area contributed by atoms with Gasteiger partial charge < -0.3 is 4.98 Å². The molecule has 1 aromatic rings. The second kappa shape index (κ2) is 1.72. The highest BCUT2D eigenvalue weighted by Crippen LogP contribution is 1.83. The molecule has 0 saturated heterocycles. The van der Waals surface area contributed by atoms with Crippen molar-refractivity contribution in [2.24, 2.45) is 4.99 Å². The smallest absolute Gasteiger partial charge is 0.0820 e. The zero-order valence-electron chi connectivity index (χ0n) is 5.09. The molecule has 0 saturated carbocycles. The van der Waals surface area contributed by atoms with E-state index in [1.807, 2.05) is 12.3 Å². The molecule has 0 radical (unpaired) electrons. The van der Waals surface area contributed by atoms with E-state index < -0.39 is 0 Å². The van der Waals surface area contributed by atoms with Crippen molar-refractivity contribution in [1.82, 2.24) is 4.98 Å². The van der Waals surface area contributed by atoms with Crippen molar-refractivity contribution >= 4 is 6.08 Å². The van der Waals surface area contributed by atoms with Gasteiger partial charge in [0.1, 0.15) is 0 Å². The van der Waals surface area contributed by atoms with Crippen LogP contribution in [0.25, 0.3) is 6.08 Å². The lowest BCUT2D eigenvalue weighted by molar-refractivity contribution is 0.955. The number of rotatable bonds is 0. The minimum atomic E-state index is 0.949. The van der Waals surface area contributed by atoms with E-state index in [4.69, 9.17) is 0 Å². The van der Waals surface area contributed by atoms with Gasteiger partial charge in [0.25, 0.3) is 0 Å². The number of H-pyrrole nitrogens is 1. The molecule has 0 aromatic carbocycles. The van der Waals surface area contributed by atoms with Gasteiger partial charge >= 0.3 is 0 Å². The van der Waals surface area contributed by atoms with E-state index >= 15 is 0 Å². The molecule has 9 heavy (non-hydrogen) atoms. The first-order chi connectivity index (χ1) is 4.47. The zero-order valence-corrected chi connectivity index (χ0v) is 5.09. The number of nitrogens with zero attached hydrogens (tertiary/aromatic N) is 1. The second-order valence-corrected chi connectivity index (χ2v) is 2.15. The Labute approximate surface area is 52.9 Å². The number of aromatic amines is 1. The molecule has 0 unspecified atom stereocenters. The van der Waals surface area contributed by atoms with Crippen molar-refractivity contribution in [2.45, 2.75) is 6.42 Å². The lowest BCUT2D eigenvalue weighted by Gasteiger charge is -1.91. The Hall–Kier alpha value is -1.05. The molecule has 0 bridgehead atoms. The standard InChI is InChI=1S/C7H8N2/c1-2-6-7(8-4-1)3-5-9-6/h2-3,5,9H,1,4H2. The van der Waals surface area contributed by atoms with Crippen LogP contribution in [0.1, 0.15) is 6.42 Å². The SMILES string of the molecule is C1=c2[nH]ccc2=NCC1. The summed E-state index contributed by atoms with van der Waals surface area (Å²) in [6.07, 6.45) is 5.19. The minimum absolute atomic E-state index is 0.949. The highest BCUT2D eigenvalue weighted by Gasteiger charge is 1.91. The van der Waals surface area contributed by atoms with Crippen molar-refractivity contribution < 1.29 is 0 Å². The first-order valence-electron chi connectivity index (χ1n) is 3.15. The number of nitrogens with one attached hydrogen (secondary N) is 1. The molecule has 1 aliphatic heterocycles. The normalized spacial score (nSPS) is 15.6. The largest absolute Gasteiger partial charge is 0.360 e. The van der Waals surface area contributed by atoms with E-state index in [-0.39, 0.29) is 0 Å². The van der Waals surface area contributed by atoms with Gasteiger partial charge in [-0.15, -0.1) is 0 Å². The summed E-state index contributed by atoms with van der Waals surface area (Å²) in [6, 6.07) is 2.00. The van der Waals surface area contributed by atoms with Gasteiger partial charge in [0.15, 0.2) is 0 Å². The predicted molar refractivity (Wildman–Crippen MR) is 35.5 cm³/mol. The summed E-state index contributed by atoms with van der Waals surface area (Å²) in [5.74, 6) is 0. The number of hydrogen-bond donors (Lipinski definition) is 1. The fourth-order valence-corrected chi connectivity index (χ4v) is 1.07. The Bertz CT molecular complexity index is 277. The molecule has 1 aromatic heterocycles. The Kier molecular flexibility index (Phi) is 0.918. The van der Waals surface area contributed by atoms with Crippen molar-refractivity contribution in [1.29, 1.82) is 0 Å². The van der Waals surface area contributed by atoms with Crippen molar-refractivity contribution in [3.05, 3.63) is 23.0 Å². The first-order valence-corrected chi connectivity index (χ1v) is 3.15. The van der Waals surface area contributed by atoms with E-state index in [2.05, 4.69) is 16.1 Å². The van der Waals surface area contributed by atoms with E-state index in [1.54, 1.807) is 0 Å². The first kappa shape index (κ1) is 4.79. The summed E-state index contributed by atoms with van der Waals surface area (Å²) in [6.45, 7) is 0.949. The minimum Gasteiger partial charge on any atom is -0.360 e. The fraction of sp³-hybridized carbons (Fsp3) is 0.286. The fourth-order valence-electron chi connectivity index (χ4n) is 1.07. The number of aromatic nitrogens is 1. The van der Waals surface area contributed by atoms with Crippen molar-refractivity contribution in [3.8, 4) is 0 Å². The van der Waals surface area contributed by atoms with Crippen LogP contribution >= 0.6 is 0 Å².